The first-order valence-corrected chi connectivity index (χ1v) is 11.8. The quantitative estimate of drug-likeness (QED) is 0.344. The summed E-state index contributed by atoms with van der Waals surface area (Å²) in [4.78, 5) is 39.7. The number of nitrogens with zero attached hydrogens (tertiary/aromatic N) is 1. The summed E-state index contributed by atoms with van der Waals surface area (Å²) in [5.74, 6) is 0.508. The monoisotopic (exact) mass is 484 g/mol. The molecule has 1 aromatic heterocycles. The fraction of sp³-hybridized carbons (Fsp3) is 0.207. The van der Waals surface area contributed by atoms with Crippen LogP contribution in [0, 0.1) is 0 Å². The van der Waals surface area contributed by atoms with Gasteiger partial charge in [0.05, 0.1) is 30.2 Å². The van der Waals surface area contributed by atoms with Crippen LogP contribution in [0.5, 0.6) is 11.5 Å². The van der Waals surface area contributed by atoms with Crippen molar-refractivity contribution in [2.45, 2.75) is 26.8 Å². The molecule has 0 fully saturated rings. The number of hydrogen-bond acceptors (Lipinski definition) is 5. The average molecular weight is 485 g/mol. The first-order valence-electron chi connectivity index (χ1n) is 11.8. The lowest BCUT2D eigenvalue weighted by Gasteiger charge is -2.15. The highest BCUT2D eigenvalue weighted by molar-refractivity contribution is 6.10. The van der Waals surface area contributed by atoms with Gasteiger partial charge in [-0.05, 0) is 61.4 Å². The molecule has 4 rings (SSSR count). The molecule has 0 aliphatic carbocycles. The number of benzene rings is 3. The predicted molar refractivity (Wildman–Crippen MR) is 140 cm³/mol. The van der Waals surface area contributed by atoms with E-state index >= 15 is 0 Å². The van der Waals surface area contributed by atoms with Crippen molar-refractivity contribution in [3.8, 4) is 11.5 Å². The van der Waals surface area contributed by atoms with E-state index in [1.54, 1.807) is 66.3 Å². The minimum Gasteiger partial charge on any atom is -0.497 e. The van der Waals surface area contributed by atoms with Crippen LogP contribution < -0.4 is 20.2 Å². The van der Waals surface area contributed by atoms with E-state index in [2.05, 4.69) is 5.32 Å². The number of pyridine rings is 1. The fourth-order valence-electron chi connectivity index (χ4n) is 4.00. The summed E-state index contributed by atoms with van der Waals surface area (Å²) in [7, 11) is 1.57. The molecule has 0 aliphatic rings. The van der Waals surface area contributed by atoms with Gasteiger partial charge in [-0.1, -0.05) is 31.2 Å². The highest BCUT2D eigenvalue weighted by atomic mass is 16.5. The first-order chi connectivity index (χ1) is 17.4. The minimum atomic E-state index is -0.400. The third-order valence-electron chi connectivity index (χ3n) is 5.92. The van der Waals surface area contributed by atoms with Crippen molar-refractivity contribution in [2.24, 2.45) is 0 Å². The van der Waals surface area contributed by atoms with E-state index in [1.165, 1.54) is 6.20 Å². The Morgan fingerprint density at radius 2 is 1.61 bits per heavy atom. The van der Waals surface area contributed by atoms with E-state index in [-0.39, 0.29) is 18.0 Å². The molecule has 0 saturated heterocycles. The van der Waals surface area contributed by atoms with E-state index in [0.717, 1.165) is 12.0 Å². The number of ether oxygens (including phenoxy) is 2. The molecule has 0 aliphatic heterocycles. The Hall–Kier alpha value is -4.39. The zero-order valence-electron chi connectivity index (χ0n) is 20.5. The summed E-state index contributed by atoms with van der Waals surface area (Å²) in [6.07, 6.45) is 2.31. The van der Waals surface area contributed by atoms with Crippen molar-refractivity contribution in [1.82, 2.24) is 4.57 Å². The molecule has 4 aromatic rings. The lowest BCUT2D eigenvalue weighted by Crippen LogP contribution is -2.24. The second kappa shape index (κ2) is 10.9. The number of fused-ring (bicyclic) bond motifs is 1. The van der Waals surface area contributed by atoms with Crippen LogP contribution in [0.25, 0.3) is 10.9 Å². The van der Waals surface area contributed by atoms with Gasteiger partial charge in [0.15, 0.2) is 5.78 Å². The van der Waals surface area contributed by atoms with Gasteiger partial charge in [0.1, 0.15) is 18.0 Å². The van der Waals surface area contributed by atoms with Gasteiger partial charge in [-0.3, -0.25) is 14.4 Å². The van der Waals surface area contributed by atoms with Crippen molar-refractivity contribution in [1.29, 1.82) is 0 Å². The molecule has 184 valence electrons. The fourth-order valence-corrected chi connectivity index (χ4v) is 4.00. The molecule has 1 heterocycles. The van der Waals surface area contributed by atoms with Gasteiger partial charge in [0.25, 0.3) is 0 Å². The van der Waals surface area contributed by atoms with Crippen LogP contribution in [0.15, 0.2) is 77.7 Å². The van der Waals surface area contributed by atoms with E-state index in [9.17, 15) is 14.4 Å². The maximum atomic E-state index is 13.4. The summed E-state index contributed by atoms with van der Waals surface area (Å²) in [5, 5.41) is 3.16. The summed E-state index contributed by atoms with van der Waals surface area (Å²) >= 11 is 0. The molecule has 0 spiro atoms. The van der Waals surface area contributed by atoms with E-state index < -0.39 is 11.2 Å². The van der Waals surface area contributed by atoms with Crippen molar-refractivity contribution in [3.05, 3.63) is 99.8 Å². The number of ketones is 1. The maximum Gasteiger partial charge on any atom is 0.244 e. The molecule has 0 saturated carbocycles. The molecule has 0 radical (unpaired) electrons. The summed E-state index contributed by atoms with van der Waals surface area (Å²) in [6.45, 7) is 4.23. The highest BCUT2D eigenvalue weighted by Gasteiger charge is 2.19. The van der Waals surface area contributed by atoms with Crippen molar-refractivity contribution in [2.75, 3.05) is 19.0 Å². The van der Waals surface area contributed by atoms with Gasteiger partial charge in [-0.2, -0.15) is 0 Å². The molecule has 0 atom stereocenters. The third kappa shape index (κ3) is 5.30. The number of nitrogens with one attached hydrogen (secondary N) is 1. The molecule has 7 heteroatoms. The SMILES string of the molecule is CCOc1ccc2c(c1)c(=O)c(C(=O)c1ccc(CC)cc1)cn2CC(=O)Nc1ccc(OC)cc1. The molecular formula is C29H28N2O5. The zero-order valence-corrected chi connectivity index (χ0v) is 20.5. The van der Waals surface area contributed by atoms with E-state index in [0.29, 0.717) is 40.3 Å². The molecule has 36 heavy (non-hydrogen) atoms. The van der Waals surface area contributed by atoms with Gasteiger partial charge in [0, 0.05) is 17.4 Å². The first kappa shape index (κ1) is 24.7. The van der Waals surface area contributed by atoms with Gasteiger partial charge >= 0.3 is 0 Å². The largest absolute Gasteiger partial charge is 0.497 e. The zero-order chi connectivity index (χ0) is 25.7. The number of carbonyl (C=O) groups excluding carboxylic acids is 2. The van der Waals surface area contributed by atoms with Gasteiger partial charge < -0.3 is 19.4 Å². The lowest BCUT2D eigenvalue weighted by atomic mass is 10.0. The summed E-state index contributed by atoms with van der Waals surface area (Å²) in [6, 6.07) is 19.3. The van der Waals surface area contributed by atoms with Crippen LogP contribution in [0.1, 0.15) is 35.3 Å². The second-order valence-electron chi connectivity index (χ2n) is 8.27. The summed E-state index contributed by atoms with van der Waals surface area (Å²) < 4.78 is 12.4. The molecule has 7 nitrogen and oxygen atoms in total. The number of aryl methyl sites for hydroxylation is 1. The molecule has 0 unspecified atom stereocenters. The predicted octanol–water partition coefficient (Wildman–Crippen LogP) is 4.84. The Labute approximate surface area is 209 Å². The Balaban J connectivity index is 1.74. The average Bonchev–Trinajstić information content (AvgIpc) is 2.90. The van der Waals surface area contributed by atoms with Crippen molar-refractivity contribution in [3.63, 3.8) is 0 Å². The van der Waals surface area contributed by atoms with Crippen LogP contribution in [0.4, 0.5) is 5.69 Å². The van der Waals surface area contributed by atoms with Gasteiger partial charge in [0.2, 0.25) is 11.3 Å². The standard InChI is InChI=1S/C29H28N2O5/c1-4-19-6-8-20(9-7-19)28(33)25-17-31(18-27(32)30-21-10-12-22(35-3)13-11-21)26-15-14-23(36-5-2)16-24(26)29(25)34/h6-17H,4-5,18H2,1-3H3,(H,30,32). The Bertz CT molecular complexity index is 1450. The number of hydrogen-bond donors (Lipinski definition) is 1. The summed E-state index contributed by atoms with van der Waals surface area (Å²) in [5.41, 5.74) is 2.25. The molecular weight excluding hydrogens is 456 g/mol. The number of rotatable bonds is 9. The molecule has 1 amide bonds. The molecule has 3 aromatic carbocycles. The maximum absolute atomic E-state index is 13.4. The van der Waals surface area contributed by atoms with Gasteiger partial charge in [-0.25, -0.2) is 0 Å². The number of aromatic nitrogens is 1. The van der Waals surface area contributed by atoms with Crippen molar-refractivity contribution < 1.29 is 19.1 Å². The number of methoxy groups -OCH3 is 1. The smallest absolute Gasteiger partial charge is 0.244 e. The molecule has 1 N–H and O–H groups in total. The van der Waals surface area contributed by atoms with Crippen LogP contribution in [0.2, 0.25) is 0 Å². The third-order valence-corrected chi connectivity index (χ3v) is 5.92. The molecule has 0 bridgehead atoms. The van der Waals surface area contributed by atoms with Crippen LogP contribution in [-0.2, 0) is 17.8 Å². The highest BCUT2D eigenvalue weighted by Crippen LogP contribution is 2.21. The minimum absolute atomic E-state index is 0.00218. The lowest BCUT2D eigenvalue weighted by molar-refractivity contribution is -0.116. The Morgan fingerprint density at radius 1 is 0.917 bits per heavy atom. The van der Waals surface area contributed by atoms with Crippen molar-refractivity contribution >= 4 is 28.3 Å². The van der Waals surface area contributed by atoms with Crippen LogP contribution in [0.3, 0.4) is 0 Å². The van der Waals surface area contributed by atoms with Gasteiger partial charge in [-0.15, -0.1) is 0 Å². The normalized spacial score (nSPS) is 10.8. The van der Waals surface area contributed by atoms with Crippen LogP contribution >= 0.6 is 0 Å². The van der Waals surface area contributed by atoms with E-state index in [1.807, 2.05) is 26.0 Å². The Morgan fingerprint density at radius 3 is 2.25 bits per heavy atom. The number of carbonyl (C=O) groups is 2. The van der Waals surface area contributed by atoms with Crippen LogP contribution in [-0.4, -0.2) is 30.0 Å². The Kier molecular flexibility index (Phi) is 7.49. The number of anilines is 1. The second-order valence-corrected chi connectivity index (χ2v) is 8.27. The topological polar surface area (TPSA) is 86.6 Å². The number of amides is 1. The van der Waals surface area contributed by atoms with E-state index in [4.69, 9.17) is 9.47 Å².